The number of nitriles is 1. The van der Waals surface area contributed by atoms with Crippen LogP contribution in [0.1, 0.15) is 0 Å². The molecule has 0 radical (unpaired) electrons. The Labute approximate surface area is 67.8 Å². The van der Waals surface area contributed by atoms with Crippen molar-refractivity contribution in [1.29, 1.82) is 5.26 Å². The zero-order valence-corrected chi connectivity index (χ0v) is 6.10. The summed E-state index contributed by atoms with van der Waals surface area (Å²) in [5, 5.41) is 8.31. The van der Waals surface area contributed by atoms with Crippen LogP contribution in [0.5, 0.6) is 5.75 Å². The van der Waals surface area contributed by atoms with Gasteiger partial charge in [-0.2, -0.15) is 0 Å². The fourth-order valence-electron chi connectivity index (χ4n) is 0.607. The molecule has 0 atom stereocenters. The Balaban J connectivity index is 3.01. The molecule has 0 amide bonds. The van der Waals surface area contributed by atoms with E-state index in [9.17, 15) is 4.39 Å². The van der Waals surface area contributed by atoms with Crippen molar-refractivity contribution in [3.63, 3.8) is 0 Å². The lowest BCUT2D eigenvalue weighted by Gasteiger charge is -1.96. The van der Waals surface area contributed by atoms with Crippen LogP contribution >= 0.6 is 11.6 Å². The Morgan fingerprint density at radius 2 is 2.27 bits per heavy atom. The minimum Gasteiger partial charge on any atom is -0.385 e. The maximum Gasteiger partial charge on any atom is 0.292 e. The van der Waals surface area contributed by atoms with E-state index in [2.05, 4.69) is 4.74 Å². The van der Waals surface area contributed by atoms with Crippen molar-refractivity contribution in [2.45, 2.75) is 0 Å². The summed E-state index contributed by atoms with van der Waals surface area (Å²) in [6, 6.07) is 3.81. The fraction of sp³-hybridized carbons (Fsp3) is 0. The van der Waals surface area contributed by atoms with Crippen LogP contribution in [0.15, 0.2) is 18.2 Å². The fourth-order valence-corrected chi connectivity index (χ4v) is 0.766. The number of ether oxygens (including phenoxy) is 1. The quantitative estimate of drug-likeness (QED) is 0.608. The molecule has 0 saturated heterocycles. The number of rotatable bonds is 1. The number of halogens is 2. The molecule has 1 aromatic rings. The van der Waals surface area contributed by atoms with E-state index >= 15 is 0 Å². The van der Waals surface area contributed by atoms with Gasteiger partial charge >= 0.3 is 0 Å². The molecular formula is C7H3ClFNO. The lowest BCUT2D eigenvalue weighted by molar-refractivity contribution is 0.460. The molecule has 11 heavy (non-hydrogen) atoms. The minimum atomic E-state index is -0.640. The third-order valence-electron chi connectivity index (χ3n) is 1.05. The second kappa shape index (κ2) is 3.22. The summed E-state index contributed by atoms with van der Waals surface area (Å²) < 4.78 is 16.9. The molecule has 56 valence electrons. The number of hydrogen-bond acceptors (Lipinski definition) is 2. The van der Waals surface area contributed by atoms with Gasteiger partial charge in [0.15, 0.2) is 11.6 Å². The van der Waals surface area contributed by atoms with Crippen LogP contribution in [0, 0.1) is 17.3 Å². The Kier molecular flexibility index (Phi) is 2.29. The Morgan fingerprint density at radius 3 is 2.82 bits per heavy atom. The van der Waals surface area contributed by atoms with Gasteiger partial charge in [-0.15, -0.1) is 5.26 Å². The first-order chi connectivity index (χ1) is 5.24. The van der Waals surface area contributed by atoms with E-state index in [0.717, 1.165) is 6.07 Å². The third kappa shape index (κ3) is 1.82. The van der Waals surface area contributed by atoms with Crippen molar-refractivity contribution in [1.82, 2.24) is 0 Å². The van der Waals surface area contributed by atoms with Crippen LogP contribution in [0.25, 0.3) is 0 Å². The Hall–Kier alpha value is -1.27. The van der Waals surface area contributed by atoms with Crippen LogP contribution in [-0.2, 0) is 0 Å². The molecule has 0 heterocycles. The van der Waals surface area contributed by atoms with E-state index in [1.165, 1.54) is 18.4 Å². The van der Waals surface area contributed by atoms with Gasteiger partial charge in [0.05, 0.1) is 0 Å². The number of nitrogens with zero attached hydrogens (tertiary/aromatic N) is 1. The maximum atomic E-state index is 12.7. The predicted octanol–water partition coefficient (Wildman–Crippen LogP) is 2.34. The lowest BCUT2D eigenvalue weighted by atomic mass is 10.3. The molecule has 0 aromatic heterocycles. The molecule has 0 aliphatic heterocycles. The van der Waals surface area contributed by atoms with Gasteiger partial charge < -0.3 is 4.74 Å². The summed E-state index contributed by atoms with van der Waals surface area (Å²) in [4.78, 5) is 0. The highest BCUT2D eigenvalue weighted by Gasteiger charge is 2.02. The van der Waals surface area contributed by atoms with Gasteiger partial charge in [0.1, 0.15) is 0 Å². The van der Waals surface area contributed by atoms with Crippen LogP contribution in [-0.4, -0.2) is 0 Å². The van der Waals surface area contributed by atoms with E-state index in [4.69, 9.17) is 16.9 Å². The molecule has 0 aliphatic rings. The molecule has 0 aliphatic carbocycles. The van der Waals surface area contributed by atoms with Gasteiger partial charge in [-0.3, -0.25) is 0 Å². The zero-order valence-electron chi connectivity index (χ0n) is 5.34. The van der Waals surface area contributed by atoms with Crippen LogP contribution < -0.4 is 4.74 Å². The maximum absolute atomic E-state index is 12.7. The average Bonchev–Trinajstić information content (AvgIpc) is 1.95. The molecule has 2 nitrogen and oxygen atoms in total. The van der Waals surface area contributed by atoms with Crippen LogP contribution in [0.3, 0.4) is 0 Å². The molecule has 1 rings (SSSR count). The second-order valence-corrected chi connectivity index (χ2v) is 2.20. The van der Waals surface area contributed by atoms with Crippen molar-refractivity contribution in [2.24, 2.45) is 0 Å². The van der Waals surface area contributed by atoms with Gasteiger partial charge in [0, 0.05) is 5.02 Å². The molecule has 0 spiro atoms. The summed E-state index contributed by atoms with van der Waals surface area (Å²) in [7, 11) is 0. The highest BCUT2D eigenvalue weighted by Crippen LogP contribution is 2.20. The molecule has 0 N–H and O–H groups in total. The van der Waals surface area contributed by atoms with Crippen molar-refractivity contribution in [3.8, 4) is 12.0 Å². The summed E-state index contributed by atoms with van der Waals surface area (Å²) in [5.41, 5.74) is 0. The Bertz CT molecular complexity index is 308. The van der Waals surface area contributed by atoms with Crippen molar-refractivity contribution >= 4 is 11.6 Å². The standard InChI is InChI=1S/C7H3ClFNO/c8-5-1-2-7(11-4-10)6(9)3-5/h1-3H. The first-order valence-corrected chi connectivity index (χ1v) is 3.13. The number of benzene rings is 1. The van der Waals surface area contributed by atoms with Crippen molar-refractivity contribution in [2.75, 3.05) is 0 Å². The third-order valence-corrected chi connectivity index (χ3v) is 1.28. The summed E-state index contributed by atoms with van der Waals surface area (Å²) in [5.74, 6) is -0.754. The molecule has 0 saturated carbocycles. The van der Waals surface area contributed by atoms with E-state index in [-0.39, 0.29) is 10.8 Å². The summed E-state index contributed by atoms with van der Waals surface area (Å²) in [6.07, 6.45) is 1.36. The van der Waals surface area contributed by atoms with Gasteiger partial charge in [0.2, 0.25) is 0 Å². The van der Waals surface area contributed by atoms with Gasteiger partial charge in [0.25, 0.3) is 6.26 Å². The van der Waals surface area contributed by atoms with Crippen LogP contribution in [0.2, 0.25) is 5.02 Å². The molecule has 4 heteroatoms. The van der Waals surface area contributed by atoms with Gasteiger partial charge in [-0.05, 0) is 18.2 Å². The van der Waals surface area contributed by atoms with Gasteiger partial charge in [-0.1, -0.05) is 11.6 Å². The average molecular weight is 172 g/mol. The van der Waals surface area contributed by atoms with Gasteiger partial charge in [-0.25, -0.2) is 4.39 Å². The monoisotopic (exact) mass is 171 g/mol. The van der Waals surface area contributed by atoms with E-state index < -0.39 is 5.82 Å². The van der Waals surface area contributed by atoms with E-state index in [1.807, 2.05) is 0 Å². The first-order valence-electron chi connectivity index (χ1n) is 2.75. The smallest absolute Gasteiger partial charge is 0.292 e. The topological polar surface area (TPSA) is 33.0 Å². The largest absolute Gasteiger partial charge is 0.385 e. The summed E-state index contributed by atoms with van der Waals surface area (Å²) in [6.45, 7) is 0. The molecule has 0 unspecified atom stereocenters. The molecule has 0 fully saturated rings. The van der Waals surface area contributed by atoms with Crippen molar-refractivity contribution in [3.05, 3.63) is 29.0 Å². The second-order valence-electron chi connectivity index (χ2n) is 1.77. The molecule has 1 aromatic carbocycles. The zero-order chi connectivity index (χ0) is 8.27. The van der Waals surface area contributed by atoms with E-state index in [1.54, 1.807) is 0 Å². The SMILES string of the molecule is N#COc1ccc(Cl)cc1F. The highest BCUT2D eigenvalue weighted by atomic mass is 35.5. The minimum absolute atomic E-state index is 0.114. The van der Waals surface area contributed by atoms with Crippen molar-refractivity contribution < 1.29 is 9.13 Å². The normalized spacial score (nSPS) is 8.82. The predicted molar refractivity (Wildman–Crippen MR) is 37.7 cm³/mol. The Morgan fingerprint density at radius 1 is 1.55 bits per heavy atom. The van der Waals surface area contributed by atoms with E-state index in [0.29, 0.717) is 0 Å². The highest BCUT2D eigenvalue weighted by molar-refractivity contribution is 6.30. The molecule has 0 bridgehead atoms. The molecular weight excluding hydrogens is 169 g/mol. The number of hydrogen-bond donors (Lipinski definition) is 0. The van der Waals surface area contributed by atoms with Crippen LogP contribution in [0.4, 0.5) is 4.39 Å². The summed E-state index contributed by atoms with van der Waals surface area (Å²) >= 11 is 5.44. The first kappa shape index (κ1) is 7.83. The lowest BCUT2D eigenvalue weighted by Crippen LogP contribution is -1.85.